The normalized spacial score (nSPS) is 10.8. The average Bonchev–Trinajstić information content (AvgIpc) is 3.29. The van der Waals surface area contributed by atoms with Gasteiger partial charge >= 0.3 is 0 Å². The molecule has 172 valence electrons. The van der Waals surface area contributed by atoms with E-state index in [0.29, 0.717) is 33.1 Å². The number of nitrogens with zero attached hydrogens (tertiary/aromatic N) is 5. The zero-order valence-corrected chi connectivity index (χ0v) is 20.2. The van der Waals surface area contributed by atoms with Crippen LogP contribution in [0.2, 0.25) is 5.02 Å². The molecule has 4 rings (SSSR count). The number of thioether (sulfide) groups is 1. The Bertz CT molecular complexity index is 1420. The number of aromatic nitrogens is 4. The van der Waals surface area contributed by atoms with E-state index in [-0.39, 0.29) is 11.7 Å². The maximum absolute atomic E-state index is 13.9. The molecule has 7 nitrogen and oxygen atoms in total. The third-order valence-electron chi connectivity index (χ3n) is 5.42. The zero-order valence-electron chi connectivity index (χ0n) is 18.6. The van der Waals surface area contributed by atoms with Crippen LogP contribution in [0.1, 0.15) is 16.8 Å². The molecule has 10 heteroatoms. The van der Waals surface area contributed by atoms with Gasteiger partial charge in [0.15, 0.2) is 11.0 Å². The minimum Gasteiger partial charge on any atom is -0.310 e. The first-order valence-electron chi connectivity index (χ1n) is 10.3. The van der Waals surface area contributed by atoms with Crippen molar-refractivity contribution in [3.63, 3.8) is 0 Å². The number of anilines is 1. The fourth-order valence-electron chi connectivity index (χ4n) is 3.59. The van der Waals surface area contributed by atoms with Gasteiger partial charge in [-0.1, -0.05) is 29.4 Å². The minimum absolute atomic E-state index is 0.0455. The van der Waals surface area contributed by atoms with E-state index < -0.39 is 5.82 Å². The Labute approximate surface area is 205 Å². The topological polar surface area (TPSA) is 88.5 Å². The molecule has 1 N–H and O–H groups in total. The summed E-state index contributed by atoms with van der Waals surface area (Å²) in [7, 11) is 1.82. The Hall–Kier alpha value is -3.61. The molecular weight excluding hydrogens is 475 g/mol. The second-order valence-corrected chi connectivity index (χ2v) is 8.95. The van der Waals surface area contributed by atoms with E-state index in [2.05, 4.69) is 21.6 Å². The lowest BCUT2D eigenvalue weighted by Crippen LogP contribution is -2.18. The molecule has 0 radical (unpaired) electrons. The Kier molecular flexibility index (Phi) is 6.72. The molecule has 0 saturated heterocycles. The van der Waals surface area contributed by atoms with Crippen LogP contribution in [0.3, 0.4) is 0 Å². The summed E-state index contributed by atoms with van der Waals surface area (Å²) in [5, 5.41) is 22.1. The van der Waals surface area contributed by atoms with Crippen LogP contribution in [0, 0.1) is 31.0 Å². The number of halogens is 2. The molecule has 0 unspecified atom stereocenters. The minimum atomic E-state index is -0.409. The van der Waals surface area contributed by atoms with Crippen molar-refractivity contribution in [3.8, 4) is 23.1 Å². The van der Waals surface area contributed by atoms with Crippen molar-refractivity contribution in [2.75, 3.05) is 11.1 Å². The average molecular weight is 495 g/mol. The summed E-state index contributed by atoms with van der Waals surface area (Å²) in [6.45, 7) is 3.62. The smallest absolute Gasteiger partial charge is 0.236 e. The highest BCUT2D eigenvalue weighted by atomic mass is 35.5. The number of carbonyl (C=O) groups is 1. The molecule has 2 aromatic carbocycles. The molecule has 0 bridgehead atoms. The standard InChI is InChI=1S/C24H20ClFN6OS/c1-14-15(2)32(19-6-4-5-18(26)11-19)23(20(14)12-27)28-21(33)13-34-24-30-29-22(31(24)3)16-7-9-17(25)10-8-16/h4-11H,13H2,1-3H3,(H,28,33). The van der Waals surface area contributed by atoms with E-state index in [4.69, 9.17) is 11.6 Å². The highest BCUT2D eigenvalue weighted by molar-refractivity contribution is 7.99. The highest BCUT2D eigenvalue weighted by Gasteiger charge is 2.21. The van der Waals surface area contributed by atoms with Crippen molar-refractivity contribution in [2.24, 2.45) is 7.05 Å². The van der Waals surface area contributed by atoms with E-state index in [9.17, 15) is 14.4 Å². The Morgan fingerprint density at radius 3 is 2.62 bits per heavy atom. The molecule has 0 aliphatic heterocycles. The van der Waals surface area contributed by atoms with Crippen LogP contribution in [-0.4, -0.2) is 31.0 Å². The van der Waals surface area contributed by atoms with E-state index >= 15 is 0 Å². The molecule has 1 amide bonds. The van der Waals surface area contributed by atoms with Crippen molar-refractivity contribution < 1.29 is 9.18 Å². The van der Waals surface area contributed by atoms with Crippen molar-refractivity contribution in [1.82, 2.24) is 19.3 Å². The molecule has 0 aliphatic carbocycles. The predicted octanol–water partition coefficient (Wildman–Crippen LogP) is 5.28. The van der Waals surface area contributed by atoms with Gasteiger partial charge in [0.2, 0.25) is 5.91 Å². The summed E-state index contributed by atoms with van der Waals surface area (Å²) in [5.74, 6) is 0.274. The lowest BCUT2D eigenvalue weighted by Gasteiger charge is -2.13. The molecule has 0 fully saturated rings. The van der Waals surface area contributed by atoms with Gasteiger partial charge < -0.3 is 9.88 Å². The number of nitriles is 1. The molecule has 34 heavy (non-hydrogen) atoms. The number of rotatable bonds is 6. The fourth-order valence-corrected chi connectivity index (χ4v) is 4.43. The monoisotopic (exact) mass is 494 g/mol. The van der Waals surface area contributed by atoms with Crippen molar-refractivity contribution in [2.45, 2.75) is 19.0 Å². The number of benzene rings is 2. The number of carbonyl (C=O) groups excluding carboxylic acids is 1. The van der Waals surface area contributed by atoms with E-state index in [1.54, 1.807) is 40.3 Å². The van der Waals surface area contributed by atoms with Gasteiger partial charge in [0, 0.05) is 23.3 Å². The number of nitrogens with one attached hydrogen (secondary N) is 1. The van der Waals surface area contributed by atoms with E-state index in [1.807, 2.05) is 26.1 Å². The molecule has 2 aromatic heterocycles. The van der Waals surface area contributed by atoms with Crippen molar-refractivity contribution in [1.29, 1.82) is 5.26 Å². The Balaban J connectivity index is 1.55. The SMILES string of the molecule is Cc1c(C#N)c(NC(=O)CSc2nnc(-c3ccc(Cl)cc3)n2C)n(-c2cccc(F)c2)c1C. The van der Waals surface area contributed by atoms with Crippen molar-refractivity contribution >= 4 is 35.1 Å². The van der Waals surface area contributed by atoms with Crippen LogP contribution in [0.4, 0.5) is 10.2 Å². The summed E-state index contributed by atoms with van der Waals surface area (Å²) in [5.41, 5.74) is 3.17. The largest absolute Gasteiger partial charge is 0.310 e. The Morgan fingerprint density at radius 2 is 1.94 bits per heavy atom. The molecular formula is C24H20ClFN6OS. The highest BCUT2D eigenvalue weighted by Crippen LogP contribution is 2.31. The number of hydrogen-bond donors (Lipinski definition) is 1. The van der Waals surface area contributed by atoms with E-state index in [1.165, 1.54) is 23.9 Å². The van der Waals surface area contributed by atoms with Crippen molar-refractivity contribution in [3.05, 3.63) is 76.2 Å². The quantitative estimate of drug-likeness (QED) is 0.368. The summed E-state index contributed by atoms with van der Waals surface area (Å²) in [6, 6.07) is 15.4. The molecule has 4 aromatic rings. The second-order valence-electron chi connectivity index (χ2n) is 7.57. The maximum Gasteiger partial charge on any atom is 0.236 e. The molecule has 2 heterocycles. The van der Waals surface area contributed by atoms with Crippen LogP contribution in [0.15, 0.2) is 53.7 Å². The molecule has 0 saturated carbocycles. The van der Waals surface area contributed by atoms with Crippen LogP contribution < -0.4 is 5.32 Å². The fraction of sp³-hybridized carbons (Fsp3) is 0.167. The van der Waals surface area contributed by atoms with Gasteiger partial charge in [-0.2, -0.15) is 5.26 Å². The maximum atomic E-state index is 13.9. The first-order valence-corrected chi connectivity index (χ1v) is 11.6. The summed E-state index contributed by atoms with van der Waals surface area (Å²) >= 11 is 7.17. The van der Waals surface area contributed by atoms with Gasteiger partial charge in [-0.25, -0.2) is 4.39 Å². The second kappa shape index (κ2) is 9.71. The predicted molar refractivity (Wildman–Crippen MR) is 131 cm³/mol. The third kappa shape index (κ3) is 4.55. The van der Waals surface area contributed by atoms with Gasteiger partial charge in [-0.3, -0.25) is 9.36 Å². The molecule has 0 atom stereocenters. The van der Waals surface area contributed by atoms with Crippen LogP contribution in [-0.2, 0) is 11.8 Å². The lowest BCUT2D eigenvalue weighted by atomic mass is 10.2. The third-order valence-corrected chi connectivity index (χ3v) is 6.69. The summed E-state index contributed by atoms with van der Waals surface area (Å²) in [4.78, 5) is 12.8. The van der Waals surface area contributed by atoms with Crippen LogP contribution in [0.25, 0.3) is 17.1 Å². The number of hydrogen-bond acceptors (Lipinski definition) is 5. The van der Waals surface area contributed by atoms with Gasteiger partial charge in [-0.05, 0) is 61.9 Å². The first-order chi connectivity index (χ1) is 16.3. The van der Waals surface area contributed by atoms with Crippen LogP contribution >= 0.6 is 23.4 Å². The van der Waals surface area contributed by atoms with Gasteiger partial charge in [-0.15, -0.1) is 10.2 Å². The number of amides is 1. The van der Waals surface area contributed by atoms with Crippen LogP contribution in [0.5, 0.6) is 0 Å². The molecule has 0 aliphatic rings. The lowest BCUT2D eigenvalue weighted by molar-refractivity contribution is -0.113. The van der Waals surface area contributed by atoms with Gasteiger partial charge in [0.05, 0.1) is 17.0 Å². The van der Waals surface area contributed by atoms with E-state index in [0.717, 1.165) is 16.8 Å². The first kappa shape index (κ1) is 23.5. The summed E-state index contributed by atoms with van der Waals surface area (Å²) < 4.78 is 17.3. The summed E-state index contributed by atoms with van der Waals surface area (Å²) in [6.07, 6.45) is 0. The van der Waals surface area contributed by atoms with Gasteiger partial charge in [0.1, 0.15) is 17.7 Å². The zero-order chi connectivity index (χ0) is 24.4. The Morgan fingerprint density at radius 1 is 1.21 bits per heavy atom. The molecule has 0 spiro atoms. The van der Waals surface area contributed by atoms with Gasteiger partial charge in [0.25, 0.3) is 0 Å².